The van der Waals surface area contributed by atoms with Crippen molar-refractivity contribution in [3.63, 3.8) is 0 Å². The van der Waals surface area contributed by atoms with E-state index in [9.17, 15) is 4.79 Å². The molecule has 6 nitrogen and oxygen atoms in total. The Morgan fingerprint density at radius 2 is 1.77 bits per heavy atom. The number of amides is 1. The molecule has 0 spiro atoms. The van der Waals surface area contributed by atoms with Gasteiger partial charge in [0, 0.05) is 16.8 Å². The van der Waals surface area contributed by atoms with Crippen LogP contribution in [-0.4, -0.2) is 29.1 Å². The zero-order chi connectivity index (χ0) is 21.1. The quantitative estimate of drug-likeness (QED) is 0.461. The number of aromatic amines is 1. The van der Waals surface area contributed by atoms with Crippen LogP contribution in [-0.2, 0) is 0 Å². The molecule has 0 bridgehead atoms. The van der Waals surface area contributed by atoms with Crippen LogP contribution in [0, 0.1) is 0 Å². The largest absolute Gasteiger partial charge is 0.493 e. The first-order valence-corrected chi connectivity index (χ1v) is 9.74. The van der Waals surface area contributed by atoms with Crippen molar-refractivity contribution < 1.29 is 14.3 Å². The topological polar surface area (TPSA) is 76.2 Å². The molecule has 2 N–H and O–H groups in total. The molecule has 1 aromatic heterocycles. The lowest BCUT2D eigenvalue weighted by Crippen LogP contribution is -2.13. The average Bonchev–Trinajstić information content (AvgIpc) is 3.18. The number of carbonyl (C=O) groups excluding carboxylic acids is 1. The van der Waals surface area contributed by atoms with Gasteiger partial charge in [0.05, 0.1) is 24.2 Å². The highest BCUT2D eigenvalue weighted by Gasteiger charge is 2.13. The molecule has 0 unspecified atom stereocenters. The van der Waals surface area contributed by atoms with Crippen molar-refractivity contribution in [2.45, 2.75) is 20.0 Å². The number of aromatic nitrogens is 2. The van der Waals surface area contributed by atoms with Gasteiger partial charge in [0.2, 0.25) is 0 Å². The third kappa shape index (κ3) is 4.12. The number of anilines is 1. The van der Waals surface area contributed by atoms with Crippen molar-refractivity contribution in [3.8, 4) is 22.9 Å². The SMILES string of the molecule is COc1cc(C(=O)Nc2ccc(-c3nc4ccccc4[nH]3)cc2)ccc1OC(C)C. The third-order valence-electron chi connectivity index (χ3n) is 4.59. The van der Waals surface area contributed by atoms with Crippen LogP contribution in [0.2, 0.25) is 0 Å². The number of fused-ring (bicyclic) bond motifs is 1. The highest BCUT2D eigenvalue weighted by atomic mass is 16.5. The molecular formula is C24H23N3O3. The molecule has 3 aromatic carbocycles. The molecule has 30 heavy (non-hydrogen) atoms. The smallest absolute Gasteiger partial charge is 0.255 e. The molecule has 6 heteroatoms. The van der Waals surface area contributed by atoms with Crippen molar-refractivity contribution in [1.29, 1.82) is 0 Å². The summed E-state index contributed by atoms with van der Waals surface area (Å²) in [6.07, 6.45) is 0.0174. The van der Waals surface area contributed by atoms with Gasteiger partial charge in [-0.1, -0.05) is 12.1 Å². The zero-order valence-corrected chi connectivity index (χ0v) is 17.1. The van der Waals surface area contributed by atoms with Gasteiger partial charge >= 0.3 is 0 Å². The average molecular weight is 401 g/mol. The number of imidazole rings is 1. The summed E-state index contributed by atoms with van der Waals surface area (Å²) in [4.78, 5) is 20.6. The first-order valence-electron chi connectivity index (χ1n) is 9.74. The van der Waals surface area contributed by atoms with E-state index >= 15 is 0 Å². The summed E-state index contributed by atoms with van der Waals surface area (Å²) in [6.45, 7) is 3.88. The number of benzene rings is 3. The minimum absolute atomic E-state index is 0.0174. The Hall–Kier alpha value is -3.80. The molecule has 0 aliphatic heterocycles. The molecule has 0 saturated carbocycles. The minimum atomic E-state index is -0.221. The molecule has 0 aliphatic carbocycles. The lowest BCUT2D eigenvalue weighted by molar-refractivity contribution is 0.102. The maximum Gasteiger partial charge on any atom is 0.255 e. The fourth-order valence-electron chi connectivity index (χ4n) is 3.16. The van der Waals surface area contributed by atoms with Crippen molar-refractivity contribution in [2.24, 2.45) is 0 Å². The van der Waals surface area contributed by atoms with Crippen LogP contribution < -0.4 is 14.8 Å². The first kappa shape index (κ1) is 19.5. The number of carbonyl (C=O) groups is 1. The third-order valence-corrected chi connectivity index (χ3v) is 4.59. The van der Waals surface area contributed by atoms with Crippen LogP contribution in [0.1, 0.15) is 24.2 Å². The van der Waals surface area contributed by atoms with Crippen LogP contribution in [0.5, 0.6) is 11.5 Å². The van der Waals surface area contributed by atoms with Crippen molar-refractivity contribution >= 4 is 22.6 Å². The summed E-state index contributed by atoms with van der Waals surface area (Å²) >= 11 is 0. The van der Waals surface area contributed by atoms with Gasteiger partial charge in [-0.2, -0.15) is 0 Å². The maximum absolute atomic E-state index is 12.7. The van der Waals surface area contributed by atoms with E-state index in [0.29, 0.717) is 22.7 Å². The molecule has 0 aliphatic rings. The van der Waals surface area contributed by atoms with Crippen LogP contribution >= 0.6 is 0 Å². The number of methoxy groups -OCH3 is 1. The Morgan fingerprint density at radius 3 is 2.47 bits per heavy atom. The molecular weight excluding hydrogens is 378 g/mol. The molecule has 152 valence electrons. The second kappa shape index (κ2) is 8.29. The van der Waals surface area contributed by atoms with Gasteiger partial charge in [0.15, 0.2) is 11.5 Å². The Bertz CT molecular complexity index is 1150. The number of rotatable bonds is 6. The molecule has 1 heterocycles. The number of H-pyrrole nitrogens is 1. The van der Waals surface area contributed by atoms with Crippen LogP contribution in [0.3, 0.4) is 0 Å². The highest BCUT2D eigenvalue weighted by molar-refractivity contribution is 6.04. The zero-order valence-electron chi connectivity index (χ0n) is 17.1. The Balaban J connectivity index is 1.49. The van der Waals surface area contributed by atoms with Crippen LogP contribution in [0.15, 0.2) is 66.7 Å². The predicted molar refractivity (Wildman–Crippen MR) is 118 cm³/mol. The highest BCUT2D eigenvalue weighted by Crippen LogP contribution is 2.29. The van der Waals surface area contributed by atoms with Crippen LogP contribution in [0.4, 0.5) is 5.69 Å². The normalized spacial score (nSPS) is 10.9. The predicted octanol–water partition coefficient (Wildman–Crippen LogP) is 5.28. The van der Waals surface area contributed by atoms with Gasteiger partial charge in [0.25, 0.3) is 5.91 Å². The monoisotopic (exact) mass is 401 g/mol. The van der Waals surface area contributed by atoms with Crippen LogP contribution in [0.25, 0.3) is 22.4 Å². The van der Waals surface area contributed by atoms with Crippen molar-refractivity contribution in [2.75, 3.05) is 12.4 Å². The Labute approximate surface area is 174 Å². The number of ether oxygens (including phenoxy) is 2. The number of nitrogens with zero attached hydrogens (tertiary/aromatic N) is 1. The van der Waals surface area contributed by atoms with Gasteiger partial charge in [-0.15, -0.1) is 0 Å². The molecule has 4 rings (SSSR count). The van der Waals surface area contributed by atoms with Gasteiger partial charge in [-0.3, -0.25) is 4.79 Å². The summed E-state index contributed by atoms with van der Waals surface area (Å²) in [6, 6.07) is 20.6. The lowest BCUT2D eigenvalue weighted by Gasteiger charge is -2.14. The standard InChI is InChI=1S/C24H23N3O3/c1-15(2)30-21-13-10-17(14-22(21)29-3)24(28)25-18-11-8-16(9-12-18)23-26-19-6-4-5-7-20(19)27-23/h4-15H,1-3H3,(H,25,28)(H,26,27). The van der Waals surface area contributed by atoms with E-state index in [4.69, 9.17) is 9.47 Å². The molecule has 0 atom stereocenters. The van der Waals surface area contributed by atoms with Gasteiger partial charge in [-0.05, 0) is 68.4 Å². The Morgan fingerprint density at radius 1 is 1.00 bits per heavy atom. The molecule has 0 fully saturated rings. The number of hydrogen-bond donors (Lipinski definition) is 2. The maximum atomic E-state index is 12.7. The van der Waals surface area contributed by atoms with E-state index in [1.54, 1.807) is 25.3 Å². The molecule has 1 amide bonds. The summed E-state index contributed by atoms with van der Waals surface area (Å²) < 4.78 is 11.1. The summed E-state index contributed by atoms with van der Waals surface area (Å²) in [5.74, 6) is 1.70. The fraction of sp³-hybridized carbons (Fsp3) is 0.167. The second-order valence-electron chi connectivity index (χ2n) is 7.17. The molecule has 0 saturated heterocycles. The first-order chi connectivity index (χ1) is 14.5. The summed E-state index contributed by atoms with van der Waals surface area (Å²) in [5, 5.41) is 2.91. The number of hydrogen-bond acceptors (Lipinski definition) is 4. The van der Waals surface area contributed by atoms with Gasteiger partial charge < -0.3 is 19.8 Å². The molecule has 0 radical (unpaired) electrons. The van der Waals surface area contributed by atoms with E-state index in [-0.39, 0.29) is 12.0 Å². The second-order valence-corrected chi connectivity index (χ2v) is 7.17. The van der Waals surface area contributed by atoms with Gasteiger partial charge in [-0.25, -0.2) is 4.98 Å². The van der Waals surface area contributed by atoms with Crippen molar-refractivity contribution in [1.82, 2.24) is 9.97 Å². The van der Waals surface area contributed by atoms with Crippen molar-refractivity contribution in [3.05, 3.63) is 72.3 Å². The van der Waals surface area contributed by atoms with E-state index in [1.807, 2.05) is 62.4 Å². The van der Waals surface area contributed by atoms with E-state index in [2.05, 4.69) is 15.3 Å². The van der Waals surface area contributed by atoms with E-state index in [0.717, 1.165) is 22.4 Å². The lowest BCUT2D eigenvalue weighted by atomic mass is 10.1. The Kier molecular flexibility index (Phi) is 5.39. The molecule has 4 aromatic rings. The summed E-state index contributed by atoms with van der Waals surface area (Å²) in [5.41, 5.74) is 4.04. The summed E-state index contributed by atoms with van der Waals surface area (Å²) in [7, 11) is 1.56. The number of nitrogens with one attached hydrogen (secondary N) is 2. The van der Waals surface area contributed by atoms with Gasteiger partial charge in [0.1, 0.15) is 5.82 Å². The number of para-hydroxylation sites is 2. The fourth-order valence-corrected chi connectivity index (χ4v) is 3.16. The minimum Gasteiger partial charge on any atom is -0.493 e. The van der Waals surface area contributed by atoms with E-state index < -0.39 is 0 Å². The van der Waals surface area contributed by atoms with E-state index in [1.165, 1.54) is 0 Å².